The summed E-state index contributed by atoms with van der Waals surface area (Å²) in [5.41, 5.74) is 4.64. The van der Waals surface area contributed by atoms with Crippen LogP contribution >= 0.6 is 0 Å². The Hall–Kier alpha value is -3.14. The van der Waals surface area contributed by atoms with E-state index in [1.165, 1.54) is 0 Å². The van der Waals surface area contributed by atoms with Crippen LogP contribution in [-0.2, 0) is 0 Å². The fraction of sp³-hybridized carbons (Fsp3) is 0.182. The number of phenols is 1. The summed E-state index contributed by atoms with van der Waals surface area (Å²) in [5.74, 6) is -0.468. The van der Waals surface area contributed by atoms with E-state index in [2.05, 4.69) is 17.5 Å². The van der Waals surface area contributed by atoms with Crippen molar-refractivity contribution in [2.45, 2.75) is 26.2 Å². The number of unbranched alkanes of at least 4 members (excludes halogenated alkanes) is 1. The summed E-state index contributed by atoms with van der Waals surface area (Å²) in [7, 11) is 0. The number of phenolic OH excluding ortho intramolecular Hbond substituents is 1. The van der Waals surface area contributed by atoms with Crippen LogP contribution in [0, 0.1) is 0 Å². The average Bonchev–Trinajstić information content (AvgIpc) is 2.68. The molecule has 0 unspecified atom stereocenters. The van der Waals surface area contributed by atoms with Crippen molar-refractivity contribution in [2.75, 3.05) is 0 Å². The highest BCUT2D eigenvalue weighted by molar-refractivity contribution is 6.04. The molecule has 132 valence electrons. The molecule has 3 aromatic carbocycles. The van der Waals surface area contributed by atoms with E-state index in [0.717, 1.165) is 41.3 Å². The lowest BCUT2D eigenvalue weighted by atomic mass is 10.0. The molecule has 0 radical (unpaired) electrons. The van der Waals surface area contributed by atoms with E-state index in [1.807, 2.05) is 54.6 Å². The van der Waals surface area contributed by atoms with E-state index in [9.17, 15) is 9.90 Å². The number of hydrogen-bond acceptors (Lipinski definition) is 3. The molecule has 0 fully saturated rings. The van der Waals surface area contributed by atoms with Crippen molar-refractivity contribution >= 4 is 22.4 Å². The molecule has 1 amide bonds. The Labute approximate surface area is 153 Å². The van der Waals surface area contributed by atoms with Crippen molar-refractivity contribution in [3.63, 3.8) is 0 Å². The predicted octanol–water partition coefficient (Wildman–Crippen LogP) is 4.87. The minimum atomic E-state index is -0.418. The Balaban J connectivity index is 1.85. The number of aromatic hydroxyl groups is 1. The normalized spacial score (nSPS) is 11.5. The molecule has 0 aliphatic rings. The van der Waals surface area contributed by atoms with Crippen molar-refractivity contribution in [3.8, 4) is 5.75 Å². The van der Waals surface area contributed by atoms with Crippen LogP contribution in [0.1, 0.15) is 42.1 Å². The van der Waals surface area contributed by atoms with Crippen LogP contribution in [-0.4, -0.2) is 16.7 Å². The molecule has 4 nitrogen and oxygen atoms in total. The number of nitrogens with one attached hydrogen (secondary N) is 1. The first-order valence-electron chi connectivity index (χ1n) is 8.83. The maximum absolute atomic E-state index is 12.5. The van der Waals surface area contributed by atoms with Crippen molar-refractivity contribution in [1.82, 2.24) is 5.43 Å². The highest BCUT2D eigenvalue weighted by atomic mass is 16.3. The van der Waals surface area contributed by atoms with Crippen LogP contribution in [0.15, 0.2) is 71.8 Å². The summed E-state index contributed by atoms with van der Waals surface area (Å²) in [6.45, 7) is 2.12. The maximum Gasteiger partial charge on any atom is 0.275 e. The van der Waals surface area contributed by atoms with Gasteiger partial charge in [0.25, 0.3) is 5.91 Å². The molecular formula is C22H22N2O2. The van der Waals surface area contributed by atoms with E-state index in [0.29, 0.717) is 0 Å². The predicted molar refractivity (Wildman–Crippen MR) is 106 cm³/mol. The minimum absolute atomic E-state index is 0.0498. The second-order valence-electron chi connectivity index (χ2n) is 6.19. The molecule has 3 rings (SSSR count). The highest BCUT2D eigenvalue weighted by Gasteiger charge is 2.13. The molecular weight excluding hydrogens is 324 g/mol. The van der Waals surface area contributed by atoms with Crippen LogP contribution in [0.4, 0.5) is 0 Å². The molecule has 26 heavy (non-hydrogen) atoms. The fourth-order valence-corrected chi connectivity index (χ4v) is 2.83. The molecule has 0 saturated heterocycles. The Morgan fingerprint density at radius 2 is 1.65 bits per heavy atom. The molecule has 4 heteroatoms. The summed E-state index contributed by atoms with van der Waals surface area (Å²) < 4.78 is 0. The van der Waals surface area contributed by atoms with Gasteiger partial charge in [0.05, 0.1) is 11.3 Å². The Bertz CT molecular complexity index is 933. The van der Waals surface area contributed by atoms with Crippen molar-refractivity contribution in [2.24, 2.45) is 5.10 Å². The first-order valence-corrected chi connectivity index (χ1v) is 8.83. The summed E-state index contributed by atoms with van der Waals surface area (Å²) >= 11 is 0. The summed E-state index contributed by atoms with van der Waals surface area (Å²) in [5, 5.41) is 16.3. The van der Waals surface area contributed by atoms with Gasteiger partial charge in [-0.3, -0.25) is 4.79 Å². The van der Waals surface area contributed by atoms with Gasteiger partial charge in [-0.25, -0.2) is 5.43 Å². The largest absolute Gasteiger partial charge is 0.507 e. The average molecular weight is 346 g/mol. The fourth-order valence-electron chi connectivity index (χ4n) is 2.83. The molecule has 0 aliphatic carbocycles. The van der Waals surface area contributed by atoms with E-state index in [-0.39, 0.29) is 11.3 Å². The number of hydrazone groups is 1. The van der Waals surface area contributed by atoms with Crippen molar-refractivity contribution in [1.29, 1.82) is 0 Å². The third kappa shape index (κ3) is 4.09. The van der Waals surface area contributed by atoms with Gasteiger partial charge < -0.3 is 5.11 Å². The zero-order valence-electron chi connectivity index (χ0n) is 14.8. The first-order chi connectivity index (χ1) is 12.7. The zero-order valence-corrected chi connectivity index (χ0v) is 14.8. The van der Waals surface area contributed by atoms with Crippen LogP contribution in [0.25, 0.3) is 10.8 Å². The van der Waals surface area contributed by atoms with E-state index < -0.39 is 5.91 Å². The lowest BCUT2D eigenvalue weighted by Crippen LogP contribution is -2.20. The molecule has 0 spiro atoms. The molecule has 3 aromatic rings. The second kappa shape index (κ2) is 8.30. The molecule has 0 atom stereocenters. The van der Waals surface area contributed by atoms with Crippen LogP contribution in [0.2, 0.25) is 0 Å². The van der Waals surface area contributed by atoms with E-state index in [4.69, 9.17) is 0 Å². The SMILES string of the molecule is CCCCC(=NNC(=O)c1cc2ccccc2cc1O)c1ccccc1. The van der Waals surface area contributed by atoms with Crippen LogP contribution in [0.5, 0.6) is 5.75 Å². The lowest BCUT2D eigenvalue weighted by molar-refractivity contribution is 0.0952. The van der Waals surface area contributed by atoms with Gasteiger partial charge in [0.1, 0.15) is 5.75 Å². The molecule has 0 aliphatic heterocycles. The molecule has 0 heterocycles. The molecule has 0 saturated carbocycles. The van der Waals surface area contributed by atoms with Crippen LogP contribution in [0.3, 0.4) is 0 Å². The standard InChI is InChI=1S/C22H22N2O2/c1-2-3-13-20(16-9-5-4-6-10-16)23-24-22(26)19-14-17-11-7-8-12-18(17)15-21(19)25/h4-12,14-15,25H,2-3,13H2,1H3,(H,24,26). The van der Waals surface area contributed by atoms with Gasteiger partial charge in [0.2, 0.25) is 0 Å². The van der Waals surface area contributed by atoms with Gasteiger partial charge in [-0.2, -0.15) is 5.10 Å². The summed E-state index contributed by atoms with van der Waals surface area (Å²) in [6, 6.07) is 20.7. The number of hydrogen-bond donors (Lipinski definition) is 2. The Kier molecular flexibility index (Phi) is 5.64. The number of amides is 1. The monoisotopic (exact) mass is 346 g/mol. The van der Waals surface area contributed by atoms with Gasteiger partial charge in [-0.1, -0.05) is 67.9 Å². The van der Waals surface area contributed by atoms with Gasteiger partial charge in [-0.15, -0.1) is 0 Å². The van der Waals surface area contributed by atoms with Crippen molar-refractivity contribution < 1.29 is 9.90 Å². The first kappa shape index (κ1) is 17.7. The minimum Gasteiger partial charge on any atom is -0.507 e. The second-order valence-corrected chi connectivity index (χ2v) is 6.19. The smallest absolute Gasteiger partial charge is 0.275 e. The molecule has 0 bridgehead atoms. The summed E-state index contributed by atoms with van der Waals surface area (Å²) in [6.07, 6.45) is 2.82. The number of carbonyl (C=O) groups excluding carboxylic acids is 1. The van der Waals surface area contributed by atoms with Gasteiger partial charge in [0.15, 0.2) is 0 Å². The third-order valence-electron chi connectivity index (χ3n) is 4.28. The number of benzene rings is 3. The van der Waals surface area contributed by atoms with Gasteiger partial charge in [0, 0.05) is 0 Å². The zero-order chi connectivity index (χ0) is 18.4. The number of nitrogens with zero attached hydrogens (tertiary/aromatic N) is 1. The summed E-state index contributed by atoms with van der Waals surface area (Å²) in [4.78, 5) is 12.5. The van der Waals surface area contributed by atoms with E-state index >= 15 is 0 Å². The number of fused-ring (bicyclic) bond motifs is 1. The Morgan fingerprint density at radius 3 is 2.35 bits per heavy atom. The maximum atomic E-state index is 12.5. The quantitative estimate of drug-likeness (QED) is 0.494. The van der Waals surface area contributed by atoms with Crippen LogP contribution < -0.4 is 5.43 Å². The van der Waals surface area contributed by atoms with E-state index in [1.54, 1.807) is 12.1 Å². The van der Waals surface area contributed by atoms with Gasteiger partial charge in [-0.05, 0) is 41.3 Å². The molecule has 2 N–H and O–H groups in total. The lowest BCUT2D eigenvalue weighted by Gasteiger charge is -2.09. The van der Waals surface area contributed by atoms with Crippen molar-refractivity contribution in [3.05, 3.63) is 77.9 Å². The third-order valence-corrected chi connectivity index (χ3v) is 4.28. The number of carbonyl (C=O) groups is 1. The Morgan fingerprint density at radius 1 is 1.00 bits per heavy atom. The number of rotatable bonds is 6. The highest BCUT2D eigenvalue weighted by Crippen LogP contribution is 2.24. The van der Waals surface area contributed by atoms with Gasteiger partial charge >= 0.3 is 0 Å². The topological polar surface area (TPSA) is 61.7 Å². The molecule has 0 aromatic heterocycles.